The van der Waals surface area contributed by atoms with Crippen LogP contribution in [-0.2, 0) is 6.18 Å². The monoisotopic (exact) mass is 495 g/mol. The summed E-state index contributed by atoms with van der Waals surface area (Å²) in [5.41, 5.74) is 2.14. The third-order valence-electron chi connectivity index (χ3n) is 6.16. The molecule has 3 N–H and O–H groups in total. The molecule has 2 amide bonds. The van der Waals surface area contributed by atoms with E-state index in [1.807, 2.05) is 24.3 Å². The highest BCUT2D eigenvalue weighted by atomic mass is 19.4. The number of pyridine rings is 1. The Labute approximate surface area is 205 Å². The lowest BCUT2D eigenvalue weighted by Crippen LogP contribution is -2.44. The lowest BCUT2D eigenvalue weighted by Gasteiger charge is -2.34. The Bertz CT molecular complexity index is 1380. The van der Waals surface area contributed by atoms with Crippen LogP contribution in [0.3, 0.4) is 0 Å². The summed E-state index contributed by atoms with van der Waals surface area (Å²) in [6, 6.07) is 15.3. The number of aromatic amines is 1. The molecule has 4 aromatic rings. The molecule has 0 atom stereocenters. The summed E-state index contributed by atoms with van der Waals surface area (Å²) in [6.45, 7) is 3.81. The van der Waals surface area contributed by atoms with E-state index in [2.05, 4.69) is 42.7 Å². The van der Waals surface area contributed by atoms with E-state index in [4.69, 9.17) is 0 Å². The second-order valence-corrected chi connectivity index (χ2v) is 8.65. The molecule has 3 heterocycles. The second-order valence-electron chi connectivity index (χ2n) is 8.65. The maximum absolute atomic E-state index is 13.4. The Hall–Kier alpha value is -4.12. The zero-order chi connectivity index (χ0) is 25.3. The molecule has 0 unspecified atom stereocenters. The van der Waals surface area contributed by atoms with Gasteiger partial charge in [0.1, 0.15) is 0 Å². The number of anilines is 3. The van der Waals surface area contributed by atoms with Gasteiger partial charge in [-0.3, -0.25) is 5.10 Å². The van der Waals surface area contributed by atoms with Crippen molar-refractivity contribution in [1.29, 1.82) is 0 Å². The Kier molecular flexibility index (Phi) is 6.23. The Morgan fingerprint density at radius 1 is 0.972 bits per heavy atom. The second kappa shape index (κ2) is 9.50. The maximum Gasteiger partial charge on any atom is 0.435 e. The van der Waals surface area contributed by atoms with Crippen molar-refractivity contribution in [3.05, 3.63) is 66.5 Å². The fourth-order valence-electron chi connectivity index (χ4n) is 4.27. The molecule has 5 rings (SSSR count). The van der Waals surface area contributed by atoms with Gasteiger partial charge in [0, 0.05) is 49.4 Å². The standard InChI is InChI=1S/C25H24F3N7O/c1-34-11-13-35(14-12-34)19-4-2-3-18(15-19)31-24(36)30-17-7-5-16(6-8-17)20-9-10-29-23-21(20)22(32-33-23)25(26,27)28/h2-10,15H,11-14H2,1H3,(H,29,32,33)(H2,30,31,36). The number of nitrogens with one attached hydrogen (secondary N) is 3. The number of fused-ring (bicyclic) bond motifs is 1. The number of H-pyrrole nitrogens is 1. The van der Waals surface area contributed by atoms with E-state index in [-0.39, 0.29) is 11.0 Å². The number of alkyl halides is 3. The van der Waals surface area contributed by atoms with Crippen LogP contribution in [0.15, 0.2) is 60.8 Å². The molecular weight excluding hydrogens is 471 g/mol. The molecule has 0 spiro atoms. The van der Waals surface area contributed by atoms with Crippen LogP contribution in [0.2, 0.25) is 0 Å². The van der Waals surface area contributed by atoms with Gasteiger partial charge in [0.2, 0.25) is 0 Å². The van der Waals surface area contributed by atoms with Gasteiger partial charge >= 0.3 is 12.2 Å². The van der Waals surface area contributed by atoms with Crippen LogP contribution in [0.1, 0.15) is 5.69 Å². The molecule has 186 valence electrons. The van der Waals surface area contributed by atoms with Crippen molar-refractivity contribution in [2.75, 3.05) is 48.8 Å². The highest BCUT2D eigenvalue weighted by molar-refractivity contribution is 6.00. The minimum atomic E-state index is -4.61. The number of aromatic nitrogens is 3. The van der Waals surface area contributed by atoms with Crippen LogP contribution in [0.4, 0.5) is 35.0 Å². The van der Waals surface area contributed by atoms with E-state index >= 15 is 0 Å². The van der Waals surface area contributed by atoms with Gasteiger partial charge in [0.25, 0.3) is 0 Å². The Morgan fingerprint density at radius 2 is 1.69 bits per heavy atom. The van der Waals surface area contributed by atoms with Crippen LogP contribution >= 0.6 is 0 Å². The maximum atomic E-state index is 13.4. The van der Waals surface area contributed by atoms with Gasteiger partial charge in [-0.25, -0.2) is 9.78 Å². The summed E-state index contributed by atoms with van der Waals surface area (Å²) in [5, 5.41) is 11.3. The smallest absolute Gasteiger partial charge is 0.369 e. The SMILES string of the molecule is CN1CCN(c2cccc(NC(=O)Nc3ccc(-c4ccnc5[nH]nc(C(F)(F)F)c45)cc3)c2)CC1. The molecule has 2 aromatic carbocycles. The van der Waals surface area contributed by atoms with Gasteiger partial charge in [-0.2, -0.15) is 18.3 Å². The number of hydrogen-bond donors (Lipinski definition) is 3. The van der Waals surface area contributed by atoms with Crippen LogP contribution in [-0.4, -0.2) is 59.3 Å². The molecule has 8 nitrogen and oxygen atoms in total. The molecule has 1 fully saturated rings. The molecule has 1 aliphatic heterocycles. The first-order valence-electron chi connectivity index (χ1n) is 11.4. The number of urea groups is 1. The van der Waals surface area contributed by atoms with Crippen LogP contribution < -0.4 is 15.5 Å². The number of likely N-dealkylation sites (N-methyl/N-ethyl adjacent to an activating group) is 1. The van der Waals surface area contributed by atoms with Gasteiger partial charge in [-0.1, -0.05) is 18.2 Å². The van der Waals surface area contributed by atoms with Crippen molar-refractivity contribution >= 4 is 34.1 Å². The summed E-state index contributed by atoms with van der Waals surface area (Å²) < 4.78 is 40.2. The lowest BCUT2D eigenvalue weighted by molar-refractivity contribution is -0.139. The van der Waals surface area contributed by atoms with Gasteiger partial charge in [-0.05, 0) is 54.6 Å². The normalized spacial score (nSPS) is 14.7. The summed E-state index contributed by atoms with van der Waals surface area (Å²) in [7, 11) is 2.10. The van der Waals surface area contributed by atoms with Gasteiger partial charge in [0.15, 0.2) is 11.3 Å². The van der Waals surface area contributed by atoms with Crippen molar-refractivity contribution in [2.45, 2.75) is 6.18 Å². The first-order valence-corrected chi connectivity index (χ1v) is 11.4. The summed E-state index contributed by atoms with van der Waals surface area (Å²) in [6.07, 6.45) is -3.19. The van der Waals surface area contributed by atoms with Crippen molar-refractivity contribution in [3.63, 3.8) is 0 Å². The zero-order valence-electron chi connectivity index (χ0n) is 19.4. The van der Waals surface area contributed by atoms with Crippen molar-refractivity contribution < 1.29 is 18.0 Å². The summed E-state index contributed by atoms with van der Waals surface area (Å²) >= 11 is 0. The highest BCUT2D eigenvalue weighted by Gasteiger charge is 2.37. The highest BCUT2D eigenvalue weighted by Crippen LogP contribution is 2.37. The molecule has 11 heteroatoms. The minimum Gasteiger partial charge on any atom is -0.369 e. The fraction of sp³-hybridized carbons (Fsp3) is 0.240. The molecule has 2 aromatic heterocycles. The third kappa shape index (κ3) is 4.96. The van der Waals surface area contributed by atoms with Crippen LogP contribution in [0.25, 0.3) is 22.2 Å². The van der Waals surface area contributed by atoms with E-state index in [1.165, 1.54) is 12.3 Å². The predicted octanol–water partition coefficient (Wildman–Crippen LogP) is 5.04. The molecule has 0 saturated carbocycles. The topological polar surface area (TPSA) is 89.2 Å². The Morgan fingerprint density at radius 3 is 2.42 bits per heavy atom. The van der Waals surface area contributed by atoms with E-state index in [9.17, 15) is 18.0 Å². The molecule has 0 bridgehead atoms. The number of benzene rings is 2. The first-order chi connectivity index (χ1) is 17.3. The van der Waals surface area contributed by atoms with Gasteiger partial charge in [0.05, 0.1) is 5.39 Å². The van der Waals surface area contributed by atoms with Crippen LogP contribution in [0.5, 0.6) is 0 Å². The van der Waals surface area contributed by atoms with E-state index in [1.54, 1.807) is 24.3 Å². The predicted molar refractivity (Wildman–Crippen MR) is 133 cm³/mol. The van der Waals surface area contributed by atoms with E-state index in [0.717, 1.165) is 31.9 Å². The molecular formula is C25H24F3N7O. The number of amides is 2. The largest absolute Gasteiger partial charge is 0.435 e. The number of rotatable bonds is 4. The molecule has 0 radical (unpaired) electrons. The number of halogens is 3. The number of carbonyl (C=O) groups excluding carboxylic acids is 1. The molecule has 1 saturated heterocycles. The quantitative estimate of drug-likeness (QED) is 0.369. The molecule has 36 heavy (non-hydrogen) atoms. The average molecular weight is 496 g/mol. The number of carbonyl (C=O) groups is 1. The molecule has 1 aliphatic rings. The van der Waals surface area contributed by atoms with Crippen LogP contribution in [0, 0.1) is 0 Å². The average Bonchev–Trinajstić information content (AvgIpc) is 3.30. The van der Waals surface area contributed by atoms with Crippen molar-refractivity contribution in [2.24, 2.45) is 0 Å². The molecule has 0 aliphatic carbocycles. The summed E-state index contributed by atoms with van der Waals surface area (Å²) in [4.78, 5) is 21.1. The van der Waals surface area contributed by atoms with Gasteiger partial charge < -0.3 is 20.4 Å². The van der Waals surface area contributed by atoms with E-state index < -0.39 is 17.9 Å². The minimum absolute atomic E-state index is 0.0557. The third-order valence-corrected chi connectivity index (χ3v) is 6.16. The Balaban J connectivity index is 1.28. The first kappa shape index (κ1) is 23.6. The van der Waals surface area contributed by atoms with Crippen molar-refractivity contribution in [3.8, 4) is 11.1 Å². The number of nitrogens with zero attached hydrogens (tertiary/aromatic N) is 4. The number of hydrogen-bond acceptors (Lipinski definition) is 5. The fourth-order valence-corrected chi connectivity index (χ4v) is 4.27. The summed E-state index contributed by atoms with van der Waals surface area (Å²) in [5.74, 6) is 0. The lowest BCUT2D eigenvalue weighted by atomic mass is 10.0. The van der Waals surface area contributed by atoms with E-state index in [0.29, 0.717) is 22.5 Å². The zero-order valence-corrected chi connectivity index (χ0v) is 19.4. The number of piperazine rings is 1. The van der Waals surface area contributed by atoms with Crippen molar-refractivity contribution in [1.82, 2.24) is 20.1 Å². The van der Waals surface area contributed by atoms with Gasteiger partial charge in [-0.15, -0.1) is 0 Å².